The molecule has 2 bridgehead atoms. The summed E-state index contributed by atoms with van der Waals surface area (Å²) in [7, 11) is 0. The van der Waals surface area contributed by atoms with E-state index in [9.17, 15) is 4.79 Å². The summed E-state index contributed by atoms with van der Waals surface area (Å²) in [6.45, 7) is 4.69. The molecular formula is C11H19NO2. The van der Waals surface area contributed by atoms with Gasteiger partial charge in [-0.1, -0.05) is 13.8 Å². The van der Waals surface area contributed by atoms with E-state index in [1.807, 2.05) is 0 Å². The van der Waals surface area contributed by atoms with Crippen molar-refractivity contribution in [1.82, 2.24) is 5.32 Å². The molecule has 0 aliphatic carbocycles. The van der Waals surface area contributed by atoms with Crippen LogP contribution >= 0.6 is 0 Å². The highest BCUT2D eigenvalue weighted by molar-refractivity contribution is 5.74. The van der Waals surface area contributed by atoms with Crippen LogP contribution in [0.25, 0.3) is 0 Å². The Kier molecular flexibility index (Phi) is 2.77. The topological polar surface area (TPSA) is 38.3 Å². The van der Waals surface area contributed by atoms with Crippen molar-refractivity contribution in [3.63, 3.8) is 0 Å². The minimum absolute atomic E-state index is 0.0124. The van der Waals surface area contributed by atoms with Crippen molar-refractivity contribution in [3.8, 4) is 0 Å². The fourth-order valence-corrected chi connectivity index (χ4v) is 2.44. The molecule has 3 nitrogen and oxygen atoms in total. The zero-order valence-electron chi connectivity index (χ0n) is 8.95. The van der Waals surface area contributed by atoms with Gasteiger partial charge in [-0.05, 0) is 25.2 Å². The van der Waals surface area contributed by atoms with Gasteiger partial charge in [-0.15, -0.1) is 0 Å². The number of fused-ring (bicyclic) bond motifs is 2. The first-order valence-corrected chi connectivity index (χ1v) is 5.59. The van der Waals surface area contributed by atoms with Crippen LogP contribution in [0.1, 0.15) is 33.1 Å². The van der Waals surface area contributed by atoms with E-state index in [4.69, 9.17) is 4.74 Å². The van der Waals surface area contributed by atoms with Crippen molar-refractivity contribution < 1.29 is 9.53 Å². The molecule has 2 rings (SSSR count). The Hall–Kier alpha value is -0.570. The maximum Gasteiger partial charge on any atom is 0.310 e. The van der Waals surface area contributed by atoms with E-state index in [1.165, 1.54) is 6.42 Å². The second-order valence-electron chi connectivity index (χ2n) is 4.91. The molecular weight excluding hydrogens is 178 g/mol. The van der Waals surface area contributed by atoms with Crippen LogP contribution in [0.2, 0.25) is 0 Å². The molecule has 0 spiro atoms. The highest BCUT2D eigenvalue weighted by atomic mass is 16.5. The SMILES string of the molecule is CC(C)COC(=O)C1CC2CCC1N2. The highest BCUT2D eigenvalue weighted by Crippen LogP contribution is 2.33. The van der Waals surface area contributed by atoms with Crippen molar-refractivity contribution in [3.05, 3.63) is 0 Å². The Bertz CT molecular complexity index is 227. The summed E-state index contributed by atoms with van der Waals surface area (Å²) in [4.78, 5) is 11.7. The van der Waals surface area contributed by atoms with Crippen LogP contribution < -0.4 is 5.32 Å². The number of esters is 1. The zero-order valence-corrected chi connectivity index (χ0v) is 8.95. The lowest BCUT2D eigenvalue weighted by molar-refractivity contribution is -0.150. The quantitative estimate of drug-likeness (QED) is 0.694. The lowest BCUT2D eigenvalue weighted by atomic mass is 9.89. The summed E-state index contributed by atoms with van der Waals surface area (Å²) in [6, 6.07) is 0.983. The second-order valence-corrected chi connectivity index (χ2v) is 4.91. The number of carbonyl (C=O) groups is 1. The molecule has 0 saturated carbocycles. The van der Waals surface area contributed by atoms with Gasteiger partial charge < -0.3 is 10.1 Å². The van der Waals surface area contributed by atoms with Crippen LogP contribution in [0.5, 0.6) is 0 Å². The molecule has 0 aromatic carbocycles. The summed E-state index contributed by atoms with van der Waals surface area (Å²) >= 11 is 0. The van der Waals surface area contributed by atoms with E-state index in [1.54, 1.807) is 0 Å². The molecule has 2 heterocycles. The zero-order chi connectivity index (χ0) is 10.1. The van der Waals surface area contributed by atoms with E-state index >= 15 is 0 Å². The molecule has 2 aliphatic heterocycles. The van der Waals surface area contributed by atoms with Crippen LogP contribution in [0.4, 0.5) is 0 Å². The summed E-state index contributed by atoms with van der Waals surface area (Å²) in [5.41, 5.74) is 0. The predicted molar refractivity (Wildman–Crippen MR) is 53.8 cm³/mol. The van der Waals surface area contributed by atoms with E-state index in [0.29, 0.717) is 24.6 Å². The Morgan fingerprint density at radius 3 is 2.79 bits per heavy atom. The van der Waals surface area contributed by atoms with Gasteiger partial charge in [0.05, 0.1) is 12.5 Å². The molecule has 2 fully saturated rings. The number of carbonyl (C=O) groups excluding carboxylic acids is 1. The second kappa shape index (κ2) is 3.89. The summed E-state index contributed by atoms with van der Waals surface area (Å²) < 4.78 is 5.26. The van der Waals surface area contributed by atoms with Crippen molar-refractivity contribution in [2.24, 2.45) is 11.8 Å². The van der Waals surface area contributed by atoms with Gasteiger partial charge in [0.15, 0.2) is 0 Å². The summed E-state index contributed by atoms with van der Waals surface area (Å²) in [5.74, 6) is 0.580. The molecule has 80 valence electrons. The predicted octanol–water partition coefficient (Wildman–Crippen LogP) is 1.33. The monoisotopic (exact) mass is 197 g/mol. The summed E-state index contributed by atoms with van der Waals surface area (Å²) in [5, 5.41) is 3.45. The van der Waals surface area contributed by atoms with Crippen molar-refractivity contribution in [1.29, 1.82) is 0 Å². The maximum atomic E-state index is 11.7. The molecule has 0 amide bonds. The molecule has 3 atom stereocenters. The normalized spacial score (nSPS) is 35.2. The van der Waals surface area contributed by atoms with E-state index in [2.05, 4.69) is 19.2 Å². The molecule has 0 radical (unpaired) electrons. The van der Waals surface area contributed by atoms with E-state index in [0.717, 1.165) is 12.8 Å². The Balaban J connectivity index is 1.81. The third-order valence-corrected chi connectivity index (χ3v) is 3.16. The Morgan fingerprint density at radius 1 is 1.50 bits per heavy atom. The lowest BCUT2D eigenvalue weighted by Crippen LogP contribution is -2.30. The van der Waals surface area contributed by atoms with Crippen LogP contribution in [-0.2, 0) is 9.53 Å². The molecule has 2 saturated heterocycles. The largest absolute Gasteiger partial charge is 0.465 e. The van der Waals surface area contributed by atoms with Crippen LogP contribution in [-0.4, -0.2) is 24.7 Å². The third-order valence-electron chi connectivity index (χ3n) is 3.16. The molecule has 0 aromatic heterocycles. The van der Waals surface area contributed by atoms with Gasteiger partial charge in [0.1, 0.15) is 0 Å². The number of hydrogen-bond acceptors (Lipinski definition) is 3. The first-order chi connectivity index (χ1) is 6.66. The molecule has 2 aliphatic rings. The number of ether oxygens (including phenoxy) is 1. The lowest BCUT2D eigenvalue weighted by Gasteiger charge is -2.19. The standard InChI is InChI=1S/C11H19NO2/c1-7(2)6-14-11(13)9-5-8-3-4-10(9)12-8/h7-10,12H,3-6H2,1-2H3. The number of nitrogens with one attached hydrogen (secondary N) is 1. The van der Waals surface area contributed by atoms with Crippen LogP contribution in [0.3, 0.4) is 0 Å². The van der Waals surface area contributed by atoms with E-state index < -0.39 is 0 Å². The highest BCUT2D eigenvalue weighted by Gasteiger charge is 2.43. The fraction of sp³-hybridized carbons (Fsp3) is 0.909. The smallest absolute Gasteiger partial charge is 0.310 e. The van der Waals surface area contributed by atoms with Gasteiger partial charge in [-0.2, -0.15) is 0 Å². The van der Waals surface area contributed by atoms with E-state index in [-0.39, 0.29) is 11.9 Å². The number of rotatable bonds is 3. The third kappa shape index (κ3) is 1.92. The Morgan fingerprint density at radius 2 is 2.29 bits per heavy atom. The van der Waals surface area contributed by atoms with Gasteiger partial charge in [0.2, 0.25) is 0 Å². The molecule has 1 N–H and O–H groups in total. The van der Waals surface area contributed by atoms with Crippen molar-refractivity contribution in [2.45, 2.75) is 45.2 Å². The summed E-state index contributed by atoms with van der Waals surface area (Å²) in [6.07, 6.45) is 3.37. The van der Waals surface area contributed by atoms with Crippen LogP contribution in [0, 0.1) is 11.8 Å². The first-order valence-electron chi connectivity index (χ1n) is 5.59. The van der Waals surface area contributed by atoms with Crippen molar-refractivity contribution in [2.75, 3.05) is 6.61 Å². The average Bonchev–Trinajstić information content (AvgIpc) is 2.74. The fourth-order valence-electron chi connectivity index (χ4n) is 2.44. The molecule has 0 aromatic rings. The van der Waals surface area contributed by atoms with Gasteiger partial charge in [-0.3, -0.25) is 4.79 Å². The molecule has 14 heavy (non-hydrogen) atoms. The minimum Gasteiger partial charge on any atom is -0.465 e. The van der Waals surface area contributed by atoms with Crippen LogP contribution in [0.15, 0.2) is 0 Å². The van der Waals surface area contributed by atoms with Gasteiger partial charge in [-0.25, -0.2) is 0 Å². The van der Waals surface area contributed by atoms with Gasteiger partial charge >= 0.3 is 5.97 Å². The molecule has 3 unspecified atom stereocenters. The first kappa shape index (κ1) is 9.97. The molecule has 3 heteroatoms. The average molecular weight is 197 g/mol. The Labute approximate surface area is 85.2 Å². The number of hydrogen-bond donors (Lipinski definition) is 1. The minimum atomic E-state index is 0.0124. The van der Waals surface area contributed by atoms with Gasteiger partial charge in [0.25, 0.3) is 0 Å². The van der Waals surface area contributed by atoms with Crippen molar-refractivity contribution >= 4 is 5.97 Å². The maximum absolute atomic E-state index is 11.7. The van der Waals surface area contributed by atoms with Gasteiger partial charge in [0, 0.05) is 12.1 Å².